The van der Waals surface area contributed by atoms with Crippen LogP contribution in [0.4, 0.5) is 17.6 Å². The first-order valence-corrected chi connectivity index (χ1v) is 8.45. The molecule has 0 N–H and O–H groups in total. The van der Waals surface area contributed by atoms with Crippen LogP contribution < -0.4 is 0 Å². The maximum Gasteiger partial charge on any atom is 0.409 e. The predicted octanol–water partition coefficient (Wildman–Crippen LogP) is 3.88. The Balaban J connectivity index is 2.21. The van der Waals surface area contributed by atoms with Crippen molar-refractivity contribution in [2.75, 3.05) is 0 Å². The molecule has 1 atom stereocenters. The number of rotatable bonds is 6. The number of nitrogens with zero attached hydrogens (tertiary/aromatic N) is 1. The van der Waals surface area contributed by atoms with Gasteiger partial charge in [0.1, 0.15) is 18.5 Å². The largest absolute Gasteiger partial charge is 0.461 e. The lowest BCUT2D eigenvalue weighted by atomic mass is 10.1. The lowest BCUT2D eigenvalue weighted by Gasteiger charge is -2.30. The van der Waals surface area contributed by atoms with E-state index in [0.29, 0.717) is 5.56 Å². The zero-order valence-electron chi connectivity index (χ0n) is 15.3. The van der Waals surface area contributed by atoms with E-state index in [1.807, 2.05) is 0 Å². The molecule has 0 aliphatic carbocycles. The lowest BCUT2D eigenvalue weighted by Crippen LogP contribution is -2.52. The third-order valence-electron chi connectivity index (χ3n) is 3.94. The smallest absolute Gasteiger partial charge is 0.409 e. The van der Waals surface area contributed by atoms with Gasteiger partial charge in [0.2, 0.25) is 5.91 Å². The number of imide groups is 1. The average Bonchev–Trinajstić information content (AvgIpc) is 2.66. The second-order valence-corrected chi connectivity index (χ2v) is 6.11. The summed E-state index contributed by atoms with van der Waals surface area (Å²) in [6, 6.07) is 9.23. The third kappa shape index (κ3) is 6.13. The number of hydrogen-bond donors (Lipinski definition) is 0. The monoisotopic (exact) mass is 411 g/mol. The van der Waals surface area contributed by atoms with Gasteiger partial charge >= 0.3 is 12.1 Å². The molecule has 0 saturated carbocycles. The summed E-state index contributed by atoms with van der Waals surface area (Å²) in [5, 5.41) is 0. The Hall–Kier alpha value is -3.23. The normalized spacial score (nSPS) is 12.2. The van der Waals surface area contributed by atoms with Gasteiger partial charge in [0.15, 0.2) is 0 Å². The van der Waals surface area contributed by atoms with Crippen molar-refractivity contribution in [3.8, 4) is 0 Å². The van der Waals surface area contributed by atoms with Crippen LogP contribution in [0, 0.1) is 5.82 Å². The minimum atomic E-state index is -5.08. The molecule has 154 valence electrons. The number of amides is 2. The second kappa shape index (κ2) is 9.31. The molecule has 0 spiro atoms. The molecule has 9 heteroatoms. The SMILES string of the molecule is CC(=O)N(C(=O)c1ccc(F)cc1)C(CC(=O)OCc1ccccc1)C(F)(F)F. The van der Waals surface area contributed by atoms with Crippen LogP contribution in [0.3, 0.4) is 0 Å². The Morgan fingerprint density at radius 1 is 1.00 bits per heavy atom. The molecule has 0 heterocycles. The molecule has 2 aromatic rings. The van der Waals surface area contributed by atoms with Crippen molar-refractivity contribution in [3.63, 3.8) is 0 Å². The number of carbonyl (C=O) groups excluding carboxylic acids is 3. The molecular weight excluding hydrogens is 394 g/mol. The van der Waals surface area contributed by atoms with Gasteiger partial charge in [-0.1, -0.05) is 30.3 Å². The molecule has 5 nitrogen and oxygen atoms in total. The summed E-state index contributed by atoms with van der Waals surface area (Å²) < 4.78 is 58.6. The first kappa shape index (κ1) is 22.1. The van der Waals surface area contributed by atoms with Gasteiger partial charge in [0.05, 0.1) is 6.42 Å². The maximum absolute atomic E-state index is 13.6. The minimum absolute atomic E-state index is 0.0585. The molecule has 2 rings (SSSR count). The third-order valence-corrected chi connectivity index (χ3v) is 3.94. The van der Waals surface area contributed by atoms with Crippen molar-refractivity contribution in [3.05, 3.63) is 71.5 Å². The lowest BCUT2D eigenvalue weighted by molar-refractivity contribution is -0.189. The Bertz CT molecular complexity index is 866. The zero-order valence-corrected chi connectivity index (χ0v) is 15.3. The van der Waals surface area contributed by atoms with E-state index in [0.717, 1.165) is 31.2 Å². The van der Waals surface area contributed by atoms with Gasteiger partial charge < -0.3 is 4.74 Å². The highest BCUT2D eigenvalue weighted by molar-refractivity contribution is 6.04. The van der Waals surface area contributed by atoms with Crippen molar-refractivity contribution in [1.29, 1.82) is 0 Å². The fourth-order valence-electron chi connectivity index (χ4n) is 2.54. The fourth-order valence-corrected chi connectivity index (χ4v) is 2.54. The van der Waals surface area contributed by atoms with Gasteiger partial charge in [-0.25, -0.2) is 4.39 Å². The molecule has 0 aromatic heterocycles. The Morgan fingerprint density at radius 3 is 2.10 bits per heavy atom. The van der Waals surface area contributed by atoms with E-state index >= 15 is 0 Å². The topological polar surface area (TPSA) is 63.7 Å². The molecule has 0 aliphatic rings. The Kier molecular flexibility index (Phi) is 7.08. The summed E-state index contributed by atoms with van der Waals surface area (Å²) in [5.74, 6) is -4.43. The van der Waals surface area contributed by atoms with E-state index in [4.69, 9.17) is 4.74 Å². The highest BCUT2D eigenvalue weighted by Crippen LogP contribution is 2.29. The highest BCUT2D eigenvalue weighted by Gasteiger charge is 2.48. The van der Waals surface area contributed by atoms with E-state index in [-0.39, 0.29) is 17.1 Å². The van der Waals surface area contributed by atoms with Gasteiger partial charge in [-0.3, -0.25) is 19.3 Å². The number of ether oxygens (including phenoxy) is 1. The molecule has 0 aliphatic heterocycles. The first-order chi connectivity index (χ1) is 13.6. The van der Waals surface area contributed by atoms with Gasteiger partial charge in [0.25, 0.3) is 5.91 Å². The van der Waals surface area contributed by atoms with E-state index in [1.54, 1.807) is 30.3 Å². The van der Waals surface area contributed by atoms with E-state index in [9.17, 15) is 31.9 Å². The summed E-state index contributed by atoms with van der Waals surface area (Å²) in [4.78, 5) is 36.3. The molecule has 29 heavy (non-hydrogen) atoms. The summed E-state index contributed by atoms with van der Waals surface area (Å²) in [7, 11) is 0. The van der Waals surface area contributed by atoms with Crippen molar-refractivity contribution in [1.82, 2.24) is 4.90 Å². The van der Waals surface area contributed by atoms with Gasteiger partial charge in [-0.2, -0.15) is 13.2 Å². The number of carbonyl (C=O) groups is 3. The molecule has 0 fully saturated rings. The molecule has 2 aromatic carbocycles. The predicted molar refractivity (Wildman–Crippen MR) is 93.9 cm³/mol. The zero-order chi connectivity index (χ0) is 21.6. The minimum Gasteiger partial charge on any atom is -0.461 e. The molecule has 0 bridgehead atoms. The van der Waals surface area contributed by atoms with Crippen LogP contribution in [0.25, 0.3) is 0 Å². The van der Waals surface area contributed by atoms with Crippen LogP contribution in [0.5, 0.6) is 0 Å². The van der Waals surface area contributed by atoms with Crippen LogP contribution >= 0.6 is 0 Å². The molecule has 0 radical (unpaired) electrons. The average molecular weight is 411 g/mol. The summed E-state index contributed by atoms with van der Waals surface area (Å²) in [6.45, 7) is 0.520. The second-order valence-electron chi connectivity index (χ2n) is 6.11. The van der Waals surface area contributed by atoms with Crippen molar-refractivity contribution in [2.45, 2.75) is 32.2 Å². The number of halogens is 4. The van der Waals surface area contributed by atoms with Gasteiger partial charge in [-0.05, 0) is 29.8 Å². The number of hydrogen-bond acceptors (Lipinski definition) is 4. The molecule has 1 unspecified atom stereocenters. The first-order valence-electron chi connectivity index (χ1n) is 8.45. The fraction of sp³-hybridized carbons (Fsp3) is 0.250. The van der Waals surface area contributed by atoms with Crippen LogP contribution in [0.1, 0.15) is 29.3 Å². The quantitative estimate of drug-likeness (QED) is 0.535. The van der Waals surface area contributed by atoms with Crippen LogP contribution in [0.2, 0.25) is 0 Å². The van der Waals surface area contributed by atoms with Crippen LogP contribution in [-0.4, -0.2) is 34.9 Å². The van der Waals surface area contributed by atoms with Gasteiger partial charge in [-0.15, -0.1) is 0 Å². The van der Waals surface area contributed by atoms with Crippen molar-refractivity contribution >= 4 is 17.8 Å². The molecule has 0 saturated heterocycles. The van der Waals surface area contributed by atoms with Crippen LogP contribution in [-0.2, 0) is 20.9 Å². The number of esters is 1. The number of alkyl halides is 3. The summed E-state index contributed by atoms with van der Waals surface area (Å²) in [6.07, 6.45) is -6.34. The van der Waals surface area contributed by atoms with Crippen LogP contribution in [0.15, 0.2) is 54.6 Å². The van der Waals surface area contributed by atoms with E-state index in [2.05, 4.69) is 0 Å². The Labute approximate surface area is 163 Å². The van der Waals surface area contributed by atoms with E-state index in [1.165, 1.54) is 0 Å². The van der Waals surface area contributed by atoms with E-state index < -0.39 is 42.2 Å². The molecular formula is C20H17F4NO4. The van der Waals surface area contributed by atoms with Crippen molar-refractivity contribution in [2.24, 2.45) is 0 Å². The maximum atomic E-state index is 13.6. The summed E-state index contributed by atoms with van der Waals surface area (Å²) >= 11 is 0. The highest BCUT2D eigenvalue weighted by atomic mass is 19.4. The number of benzene rings is 2. The molecule has 2 amide bonds. The van der Waals surface area contributed by atoms with Crippen molar-refractivity contribution < 1.29 is 36.7 Å². The summed E-state index contributed by atoms with van der Waals surface area (Å²) in [5.41, 5.74) is 0.240. The Morgan fingerprint density at radius 2 is 1.59 bits per heavy atom. The van der Waals surface area contributed by atoms with Gasteiger partial charge in [0, 0.05) is 12.5 Å². The standard InChI is InChI=1S/C20H17F4NO4/c1-13(26)25(19(28)15-7-9-16(21)10-8-15)17(20(22,23)24)11-18(27)29-12-14-5-3-2-4-6-14/h2-10,17H,11-12H2,1H3.